The second-order valence-electron chi connectivity index (χ2n) is 6.58. The molecule has 0 saturated carbocycles. The highest BCUT2D eigenvalue weighted by molar-refractivity contribution is 6.42. The van der Waals surface area contributed by atoms with E-state index in [-0.39, 0.29) is 23.8 Å². The Morgan fingerprint density at radius 3 is 2.62 bits per heavy atom. The summed E-state index contributed by atoms with van der Waals surface area (Å²) in [6.07, 6.45) is 1.22. The quantitative estimate of drug-likeness (QED) is 0.701. The van der Waals surface area contributed by atoms with Crippen LogP contribution < -0.4 is 10.1 Å². The number of carbonyl (C=O) groups is 2. The number of alkyl halides is 2. The van der Waals surface area contributed by atoms with Gasteiger partial charge in [0.25, 0.3) is 5.91 Å². The molecule has 29 heavy (non-hydrogen) atoms. The van der Waals surface area contributed by atoms with Gasteiger partial charge in [-0.15, -0.1) is 0 Å². The molecule has 1 atom stereocenters. The number of likely N-dealkylation sites (tertiary alicyclic amines) is 1. The molecule has 0 radical (unpaired) electrons. The van der Waals surface area contributed by atoms with Gasteiger partial charge in [0.1, 0.15) is 5.75 Å². The van der Waals surface area contributed by atoms with Crippen molar-refractivity contribution in [3.8, 4) is 5.75 Å². The first-order valence-corrected chi connectivity index (χ1v) is 9.70. The third-order valence-corrected chi connectivity index (χ3v) is 5.34. The summed E-state index contributed by atoms with van der Waals surface area (Å²) >= 11 is 11.8. The van der Waals surface area contributed by atoms with Gasteiger partial charge in [-0.05, 0) is 43.2 Å². The topological polar surface area (TPSA) is 58.6 Å². The molecular weight excluding hydrogens is 425 g/mol. The van der Waals surface area contributed by atoms with Gasteiger partial charge in [0.15, 0.2) is 0 Å². The van der Waals surface area contributed by atoms with Crippen LogP contribution in [0.2, 0.25) is 10.0 Å². The van der Waals surface area contributed by atoms with Crippen molar-refractivity contribution in [2.75, 3.05) is 18.4 Å². The fourth-order valence-electron chi connectivity index (χ4n) is 3.21. The van der Waals surface area contributed by atoms with Crippen LogP contribution in [0.15, 0.2) is 42.5 Å². The number of para-hydroxylation sites is 1. The molecule has 154 valence electrons. The van der Waals surface area contributed by atoms with Crippen LogP contribution in [0.4, 0.5) is 14.5 Å². The van der Waals surface area contributed by atoms with E-state index in [9.17, 15) is 18.4 Å². The van der Waals surface area contributed by atoms with Crippen LogP contribution in [0.1, 0.15) is 23.2 Å². The highest BCUT2D eigenvalue weighted by Crippen LogP contribution is 2.27. The summed E-state index contributed by atoms with van der Waals surface area (Å²) in [4.78, 5) is 27.0. The number of rotatable bonds is 5. The Labute approximate surface area is 176 Å². The standard InChI is InChI=1S/C20H18Cl2F2N2O3/c21-15-8-7-13(10-16(15)22)25-18(27)12-4-3-9-26(11-12)19(28)14-5-1-2-6-17(14)29-20(23)24/h1-2,5-8,10,12,20H,3-4,9,11H2,(H,25,27). The van der Waals surface area contributed by atoms with Crippen molar-refractivity contribution in [3.05, 3.63) is 58.1 Å². The number of carbonyl (C=O) groups excluding carboxylic acids is 2. The molecule has 2 amide bonds. The molecule has 0 spiro atoms. The number of nitrogens with one attached hydrogen (secondary N) is 1. The highest BCUT2D eigenvalue weighted by Gasteiger charge is 2.30. The minimum atomic E-state index is -3.03. The molecule has 1 fully saturated rings. The Bertz CT molecular complexity index is 911. The van der Waals surface area contributed by atoms with Gasteiger partial charge in [-0.25, -0.2) is 0 Å². The number of amides is 2. The van der Waals surface area contributed by atoms with E-state index in [1.165, 1.54) is 23.1 Å². The van der Waals surface area contributed by atoms with E-state index in [0.717, 1.165) is 0 Å². The van der Waals surface area contributed by atoms with Crippen LogP contribution in [-0.4, -0.2) is 36.4 Å². The molecule has 2 aromatic carbocycles. The lowest BCUT2D eigenvalue weighted by molar-refractivity contribution is -0.121. The van der Waals surface area contributed by atoms with Gasteiger partial charge in [-0.3, -0.25) is 9.59 Å². The lowest BCUT2D eigenvalue weighted by atomic mass is 9.96. The van der Waals surface area contributed by atoms with Crippen LogP contribution >= 0.6 is 23.2 Å². The second-order valence-corrected chi connectivity index (χ2v) is 7.40. The van der Waals surface area contributed by atoms with Gasteiger partial charge < -0.3 is 15.0 Å². The molecule has 2 aromatic rings. The van der Waals surface area contributed by atoms with E-state index in [1.54, 1.807) is 24.3 Å². The first kappa shape index (κ1) is 21.3. The van der Waals surface area contributed by atoms with Crippen LogP contribution in [0, 0.1) is 5.92 Å². The number of hydrogen-bond donors (Lipinski definition) is 1. The van der Waals surface area contributed by atoms with Gasteiger partial charge in [-0.2, -0.15) is 8.78 Å². The Kier molecular flexibility index (Phi) is 6.92. The molecule has 1 heterocycles. The molecule has 1 saturated heterocycles. The van der Waals surface area contributed by atoms with Crippen LogP contribution in [0.25, 0.3) is 0 Å². The van der Waals surface area contributed by atoms with Crippen LogP contribution in [0.3, 0.4) is 0 Å². The zero-order chi connectivity index (χ0) is 21.0. The fourth-order valence-corrected chi connectivity index (χ4v) is 3.50. The molecule has 5 nitrogen and oxygen atoms in total. The largest absolute Gasteiger partial charge is 0.434 e. The van der Waals surface area contributed by atoms with Gasteiger partial charge in [0.05, 0.1) is 21.5 Å². The molecular formula is C20H18Cl2F2N2O3. The minimum Gasteiger partial charge on any atom is -0.434 e. The minimum absolute atomic E-state index is 0.0401. The average Bonchev–Trinajstić information content (AvgIpc) is 2.70. The predicted octanol–water partition coefficient (Wildman–Crippen LogP) is 5.09. The predicted molar refractivity (Wildman–Crippen MR) is 107 cm³/mol. The maximum Gasteiger partial charge on any atom is 0.387 e. The molecule has 0 aliphatic carbocycles. The highest BCUT2D eigenvalue weighted by atomic mass is 35.5. The van der Waals surface area contributed by atoms with Crippen molar-refractivity contribution in [2.24, 2.45) is 5.92 Å². The Morgan fingerprint density at radius 1 is 1.14 bits per heavy atom. The maximum atomic E-state index is 12.8. The van der Waals surface area contributed by atoms with E-state index in [0.29, 0.717) is 35.1 Å². The summed E-state index contributed by atoms with van der Waals surface area (Å²) < 4.78 is 29.7. The third-order valence-electron chi connectivity index (χ3n) is 4.60. The van der Waals surface area contributed by atoms with Gasteiger partial charge in [0.2, 0.25) is 5.91 Å². The SMILES string of the molecule is O=C(Nc1ccc(Cl)c(Cl)c1)C1CCCN(C(=O)c2ccccc2OC(F)F)C1. The molecule has 9 heteroatoms. The molecule has 1 aliphatic heterocycles. The number of anilines is 1. The Morgan fingerprint density at radius 2 is 1.90 bits per heavy atom. The molecule has 1 aliphatic rings. The summed E-state index contributed by atoms with van der Waals surface area (Å²) in [5.41, 5.74) is 0.543. The molecule has 0 bridgehead atoms. The summed E-state index contributed by atoms with van der Waals surface area (Å²) in [5, 5.41) is 3.47. The van der Waals surface area contributed by atoms with E-state index < -0.39 is 18.4 Å². The molecule has 1 N–H and O–H groups in total. The Hall–Kier alpha value is -2.38. The lowest BCUT2D eigenvalue weighted by Crippen LogP contribution is -2.43. The Balaban J connectivity index is 1.69. The van der Waals surface area contributed by atoms with Crippen molar-refractivity contribution in [2.45, 2.75) is 19.5 Å². The lowest BCUT2D eigenvalue weighted by Gasteiger charge is -2.32. The summed E-state index contributed by atoms with van der Waals surface area (Å²) in [6.45, 7) is -2.43. The monoisotopic (exact) mass is 442 g/mol. The number of ether oxygens (including phenoxy) is 1. The zero-order valence-corrected chi connectivity index (χ0v) is 16.7. The molecule has 3 rings (SSSR count). The fraction of sp³-hybridized carbons (Fsp3) is 0.300. The number of hydrogen-bond acceptors (Lipinski definition) is 3. The van der Waals surface area contributed by atoms with Crippen molar-refractivity contribution in [1.82, 2.24) is 4.90 Å². The smallest absolute Gasteiger partial charge is 0.387 e. The van der Waals surface area contributed by atoms with Gasteiger partial charge in [-0.1, -0.05) is 35.3 Å². The molecule has 1 unspecified atom stereocenters. The normalized spacial score (nSPS) is 16.6. The van der Waals surface area contributed by atoms with Gasteiger partial charge >= 0.3 is 6.61 Å². The first-order chi connectivity index (χ1) is 13.8. The van der Waals surface area contributed by atoms with E-state index >= 15 is 0 Å². The number of piperidine rings is 1. The van der Waals surface area contributed by atoms with Gasteiger partial charge in [0, 0.05) is 18.8 Å². The van der Waals surface area contributed by atoms with Crippen molar-refractivity contribution in [3.63, 3.8) is 0 Å². The van der Waals surface area contributed by atoms with Crippen molar-refractivity contribution >= 4 is 40.7 Å². The second kappa shape index (κ2) is 9.41. The number of benzene rings is 2. The van der Waals surface area contributed by atoms with Crippen molar-refractivity contribution < 1.29 is 23.1 Å². The zero-order valence-electron chi connectivity index (χ0n) is 15.2. The molecule has 0 aromatic heterocycles. The van der Waals surface area contributed by atoms with E-state index in [1.807, 2.05) is 0 Å². The number of nitrogens with zero attached hydrogens (tertiary/aromatic N) is 1. The summed E-state index contributed by atoms with van der Waals surface area (Å²) in [5.74, 6) is -1.33. The summed E-state index contributed by atoms with van der Waals surface area (Å²) in [6, 6.07) is 10.6. The summed E-state index contributed by atoms with van der Waals surface area (Å²) in [7, 11) is 0. The van der Waals surface area contributed by atoms with E-state index in [4.69, 9.17) is 23.2 Å². The van der Waals surface area contributed by atoms with Crippen LogP contribution in [0.5, 0.6) is 5.75 Å². The first-order valence-electron chi connectivity index (χ1n) is 8.94. The van der Waals surface area contributed by atoms with Crippen molar-refractivity contribution in [1.29, 1.82) is 0 Å². The van der Waals surface area contributed by atoms with E-state index in [2.05, 4.69) is 10.1 Å². The maximum absolute atomic E-state index is 12.8. The third kappa shape index (κ3) is 5.36. The van der Waals surface area contributed by atoms with Crippen LogP contribution in [-0.2, 0) is 4.79 Å². The average molecular weight is 443 g/mol. The number of halogens is 4.